The van der Waals surface area contributed by atoms with Gasteiger partial charge in [0.1, 0.15) is 0 Å². The van der Waals surface area contributed by atoms with Crippen LogP contribution in [0.1, 0.15) is 30.9 Å². The number of aliphatic hydroxyl groups excluding tert-OH is 1. The first-order chi connectivity index (χ1) is 9.36. The predicted molar refractivity (Wildman–Crippen MR) is 75.9 cm³/mol. The molecule has 0 radical (unpaired) electrons. The molecule has 1 aromatic carbocycles. The van der Waals surface area contributed by atoms with E-state index in [9.17, 15) is 9.59 Å². The largest absolute Gasteiger partial charge is 0.480 e. The van der Waals surface area contributed by atoms with Crippen molar-refractivity contribution in [1.82, 2.24) is 5.32 Å². The monoisotopic (exact) mass is 280 g/mol. The van der Waals surface area contributed by atoms with Gasteiger partial charge in [0.15, 0.2) is 6.04 Å². The zero-order valence-electron chi connectivity index (χ0n) is 11.8. The van der Waals surface area contributed by atoms with Crippen LogP contribution in [0.2, 0.25) is 0 Å². The number of carbonyl (C=O) groups is 2. The Morgan fingerprint density at radius 2 is 1.95 bits per heavy atom. The first-order valence-corrected chi connectivity index (χ1v) is 6.37. The normalized spacial score (nSPS) is 12.1. The number of benzene rings is 1. The number of anilines is 1. The molecule has 0 unspecified atom stereocenters. The molecule has 2 amide bonds. The quantitative estimate of drug-likeness (QED) is 0.659. The first-order valence-electron chi connectivity index (χ1n) is 6.37. The number of aliphatic hydroxyl groups is 1. The topological polar surface area (TPSA) is 98.7 Å². The van der Waals surface area contributed by atoms with Gasteiger partial charge in [-0.3, -0.25) is 0 Å². The standard InChI is InChI=1S/C14H20N2O4/c1-8(2)10-6-4-5-9(3)12(10)16-14(20)15-11(7-17)13(18)19/h4-6,8,11,17H,7H2,1-3H3,(H,18,19)(H2,15,16,20)/t11-/m1/s1. The summed E-state index contributed by atoms with van der Waals surface area (Å²) in [6, 6.07) is 3.71. The molecule has 0 spiro atoms. The van der Waals surface area contributed by atoms with Crippen molar-refractivity contribution >= 4 is 17.7 Å². The number of aryl methyl sites for hydroxylation is 1. The minimum atomic E-state index is -1.32. The van der Waals surface area contributed by atoms with Crippen LogP contribution in [-0.4, -0.2) is 34.9 Å². The highest BCUT2D eigenvalue weighted by Gasteiger charge is 2.19. The van der Waals surface area contributed by atoms with Crippen molar-refractivity contribution < 1.29 is 19.8 Å². The number of carbonyl (C=O) groups excluding carboxylic acids is 1. The molecule has 0 aliphatic heterocycles. The minimum absolute atomic E-state index is 0.221. The second-order valence-corrected chi connectivity index (χ2v) is 4.87. The molecule has 0 saturated heterocycles. The number of para-hydroxylation sites is 1. The number of carboxylic acid groups (broad SMARTS) is 1. The van der Waals surface area contributed by atoms with E-state index in [2.05, 4.69) is 10.6 Å². The SMILES string of the molecule is Cc1cccc(C(C)C)c1NC(=O)N[C@H](CO)C(=O)O. The second-order valence-electron chi connectivity index (χ2n) is 4.87. The van der Waals surface area contributed by atoms with E-state index in [1.54, 1.807) is 0 Å². The maximum Gasteiger partial charge on any atom is 0.328 e. The molecule has 20 heavy (non-hydrogen) atoms. The Morgan fingerprint density at radius 1 is 1.30 bits per heavy atom. The van der Waals surface area contributed by atoms with Crippen LogP contribution in [0.3, 0.4) is 0 Å². The average molecular weight is 280 g/mol. The van der Waals surface area contributed by atoms with E-state index in [1.807, 2.05) is 39.0 Å². The molecule has 0 bridgehead atoms. The Morgan fingerprint density at radius 3 is 2.45 bits per heavy atom. The summed E-state index contributed by atoms with van der Waals surface area (Å²) >= 11 is 0. The van der Waals surface area contributed by atoms with Gasteiger partial charge in [-0.1, -0.05) is 32.0 Å². The Hall–Kier alpha value is -2.08. The summed E-state index contributed by atoms with van der Waals surface area (Å²) in [5.41, 5.74) is 2.53. The van der Waals surface area contributed by atoms with Gasteiger partial charge in [0.25, 0.3) is 0 Å². The highest BCUT2D eigenvalue weighted by molar-refractivity contribution is 5.93. The van der Waals surface area contributed by atoms with Gasteiger partial charge in [-0.25, -0.2) is 9.59 Å². The van der Waals surface area contributed by atoms with Crippen LogP contribution in [0, 0.1) is 6.92 Å². The summed E-state index contributed by atoms with van der Waals surface area (Å²) in [6.45, 7) is 5.22. The third-order valence-electron chi connectivity index (χ3n) is 2.95. The van der Waals surface area contributed by atoms with E-state index < -0.39 is 24.6 Å². The van der Waals surface area contributed by atoms with Crippen LogP contribution in [0.4, 0.5) is 10.5 Å². The predicted octanol–water partition coefficient (Wildman–Crippen LogP) is 1.69. The van der Waals surface area contributed by atoms with Gasteiger partial charge in [0.05, 0.1) is 6.61 Å². The smallest absolute Gasteiger partial charge is 0.328 e. The number of amides is 2. The Labute approximate surface area is 117 Å². The highest BCUT2D eigenvalue weighted by Crippen LogP contribution is 2.27. The number of hydrogen-bond acceptors (Lipinski definition) is 3. The van der Waals surface area contributed by atoms with Gasteiger partial charge >= 0.3 is 12.0 Å². The van der Waals surface area contributed by atoms with Crippen molar-refractivity contribution in [2.24, 2.45) is 0 Å². The lowest BCUT2D eigenvalue weighted by molar-refractivity contribution is -0.140. The van der Waals surface area contributed by atoms with E-state index in [4.69, 9.17) is 10.2 Å². The van der Waals surface area contributed by atoms with Crippen molar-refractivity contribution in [3.05, 3.63) is 29.3 Å². The molecular formula is C14H20N2O4. The summed E-state index contributed by atoms with van der Waals surface area (Å²) in [5, 5.41) is 22.5. The minimum Gasteiger partial charge on any atom is -0.480 e. The Kier molecular flexibility index (Phi) is 5.52. The van der Waals surface area contributed by atoms with Crippen LogP contribution in [0.5, 0.6) is 0 Å². The highest BCUT2D eigenvalue weighted by atomic mass is 16.4. The van der Waals surface area contributed by atoms with Crippen molar-refractivity contribution in [2.75, 3.05) is 11.9 Å². The summed E-state index contributed by atoms with van der Waals surface area (Å²) in [5.74, 6) is -1.06. The zero-order chi connectivity index (χ0) is 15.3. The number of urea groups is 1. The fourth-order valence-electron chi connectivity index (χ4n) is 1.84. The van der Waals surface area contributed by atoms with Gasteiger partial charge in [0, 0.05) is 5.69 Å². The number of nitrogens with one attached hydrogen (secondary N) is 2. The van der Waals surface area contributed by atoms with Crippen molar-refractivity contribution in [3.8, 4) is 0 Å². The third kappa shape index (κ3) is 3.96. The van der Waals surface area contributed by atoms with Crippen LogP contribution in [-0.2, 0) is 4.79 Å². The number of rotatable bonds is 5. The summed E-state index contributed by atoms with van der Waals surface area (Å²) in [4.78, 5) is 22.6. The number of aliphatic carboxylic acids is 1. The van der Waals surface area contributed by atoms with E-state index in [1.165, 1.54) is 0 Å². The molecule has 1 rings (SSSR count). The molecule has 4 N–H and O–H groups in total. The summed E-state index contributed by atoms with van der Waals surface area (Å²) in [6.07, 6.45) is 0. The second kappa shape index (κ2) is 6.91. The van der Waals surface area contributed by atoms with Gasteiger partial charge in [-0.2, -0.15) is 0 Å². The lowest BCUT2D eigenvalue weighted by atomic mass is 9.98. The molecule has 1 aromatic rings. The molecule has 110 valence electrons. The van der Waals surface area contributed by atoms with Gasteiger partial charge in [-0.05, 0) is 24.0 Å². The van der Waals surface area contributed by atoms with Gasteiger partial charge in [-0.15, -0.1) is 0 Å². The van der Waals surface area contributed by atoms with Crippen LogP contribution in [0.25, 0.3) is 0 Å². The maximum absolute atomic E-state index is 11.8. The summed E-state index contributed by atoms with van der Waals surface area (Å²) < 4.78 is 0. The van der Waals surface area contributed by atoms with Crippen LogP contribution < -0.4 is 10.6 Å². The average Bonchev–Trinajstić information content (AvgIpc) is 2.37. The van der Waals surface area contributed by atoms with Crippen LogP contribution in [0.15, 0.2) is 18.2 Å². The Bertz CT molecular complexity index is 500. The zero-order valence-corrected chi connectivity index (χ0v) is 11.8. The molecule has 0 aliphatic rings. The number of hydrogen-bond donors (Lipinski definition) is 4. The molecule has 6 nitrogen and oxygen atoms in total. The molecule has 0 saturated carbocycles. The van der Waals surface area contributed by atoms with Gasteiger partial charge < -0.3 is 20.8 Å². The molecule has 1 atom stereocenters. The number of carboxylic acids is 1. The maximum atomic E-state index is 11.8. The van der Waals surface area contributed by atoms with Gasteiger partial charge in [0.2, 0.25) is 0 Å². The summed E-state index contributed by atoms with van der Waals surface area (Å²) in [7, 11) is 0. The third-order valence-corrected chi connectivity index (χ3v) is 2.95. The van der Waals surface area contributed by atoms with Crippen molar-refractivity contribution in [2.45, 2.75) is 32.7 Å². The molecule has 0 aromatic heterocycles. The molecule has 0 heterocycles. The van der Waals surface area contributed by atoms with E-state index in [0.717, 1.165) is 11.1 Å². The van der Waals surface area contributed by atoms with Crippen molar-refractivity contribution in [3.63, 3.8) is 0 Å². The van der Waals surface area contributed by atoms with E-state index >= 15 is 0 Å². The van der Waals surface area contributed by atoms with Crippen LogP contribution >= 0.6 is 0 Å². The Balaban J connectivity index is 2.88. The van der Waals surface area contributed by atoms with E-state index in [-0.39, 0.29) is 5.92 Å². The molecule has 0 fully saturated rings. The fourth-order valence-corrected chi connectivity index (χ4v) is 1.84. The van der Waals surface area contributed by atoms with E-state index in [0.29, 0.717) is 5.69 Å². The lowest BCUT2D eigenvalue weighted by Gasteiger charge is -2.18. The first kappa shape index (κ1) is 16.0. The van der Waals surface area contributed by atoms with Crippen molar-refractivity contribution in [1.29, 1.82) is 0 Å². The fraction of sp³-hybridized carbons (Fsp3) is 0.429. The lowest BCUT2D eigenvalue weighted by Crippen LogP contribution is -2.45. The molecule has 6 heteroatoms. The molecule has 0 aliphatic carbocycles. The molecular weight excluding hydrogens is 260 g/mol.